The van der Waals surface area contributed by atoms with Crippen LogP contribution in [-0.2, 0) is 4.79 Å². The van der Waals surface area contributed by atoms with Crippen molar-refractivity contribution in [3.63, 3.8) is 0 Å². The van der Waals surface area contributed by atoms with Gasteiger partial charge in [0.15, 0.2) is 6.61 Å². The van der Waals surface area contributed by atoms with Gasteiger partial charge in [-0.05, 0) is 64.8 Å². The molecule has 0 aliphatic heterocycles. The first-order chi connectivity index (χ1) is 9.95. The van der Waals surface area contributed by atoms with Gasteiger partial charge < -0.3 is 9.47 Å². The summed E-state index contributed by atoms with van der Waals surface area (Å²) in [6.07, 6.45) is 0. The van der Waals surface area contributed by atoms with Crippen LogP contribution in [0.2, 0.25) is 5.02 Å². The molecule has 0 bridgehead atoms. The fraction of sp³-hybridized carbons (Fsp3) is 0.133. The predicted octanol–water partition coefficient (Wildman–Crippen LogP) is 5.16. The molecule has 2 aromatic carbocycles. The van der Waals surface area contributed by atoms with Crippen molar-refractivity contribution in [2.75, 3.05) is 6.61 Å². The molecule has 0 fully saturated rings. The van der Waals surface area contributed by atoms with Crippen molar-refractivity contribution >= 4 is 49.4 Å². The van der Waals surface area contributed by atoms with Crippen molar-refractivity contribution in [1.82, 2.24) is 0 Å². The Morgan fingerprint density at radius 1 is 1.19 bits per heavy atom. The van der Waals surface area contributed by atoms with Crippen LogP contribution in [0.25, 0.3) is 0 Å². The summed E-state index contributed by atoms with van der Waals surface area (Å²) in [7, 11) is 0. The van der Waals surface area contributed by atoms with E-state index in [1.807, 2.05) is 19.1 Å². The van der Waals surface area contributed by atoms with Gasteiger partial charge in [0, 0.05) is 9.50 Å². The molecular weight excluding hydrogens is 423 g/mol. The first-order valence-corrected chi connectivity index (χ1v) is 7.97. The van der Waals surface area contributed by atoms with Crippen molar-refractivity contribution < 1.29 is 14.3 Å². The molecule has 110 valence electrons. The van der Waals surface area contributed by atoms with E-state index in [-0.39, 0.29) is 6.61 Å². The van der Waals surface area contributed by atoms with Crippen LogP contribution in [0.15, 0.2) is 45.3 Å². The van der Waals surface area contributed by atoms with Crippen LogP contribution in [0.5, 0.6) is 11.5 Å². The average molecular weight is 435 g/mol. The molecule has 0 spiro atoms. The highest BCUT2D eigenvalue weighted by molar-refractivity contribution is 9.11. The van der Waals surface area contributed by atoms with Crippen LogP contribution in [-0.4, -0.2) is 12.6 Å². The van der Waals surface area contributed by atoms with E-state index in [1.54, 1.807) is 24.3 Å². The van der Waals surface area contributed by atoms with E-state index >= 15 is 0 Å². The Balaban J connectivity index is 1.94. The smallest absolute Gasteiger partial charge is 0.349 e. The van der Waals surface area contributed by atoms with Gasteiger partial charge in [-0.25, -0.2) is 4.79 Å². The van der Waals surface area contributed by atoms with Gasteiger partial charge in [-0.2, -0.15) is 0 Å². The van der Waals surface area contributed by atoms with Crippen LogP contribution >= 0.6 is 43.5 Å². The summed E-state index contributed by atoms with van der Waals surface area (Å²) in [5.74, 6) is 0.536. The first-order valence-electron chi connectivity index (χ1n) is 6.00. The molecule has 0 atom stereocenters. The van der Waals surface area contributed by atoms with Crippen LogP contribution in [0.1, 0.15) is 5.56 Å². The highest BCUT2D eigenvalue weighted by atomic mass is 79.9. The lowest BCUT2D eigenvalue weighted by Gasteiger charge is -2.09. The summed E-state index contributed by atoms with van der Waals surface area (Å²) in [4.78, 5) is 11.8. The second-order valence-corrected chi connectivity index (χ2v) is 6.43. The van der Waals surface area contributed by atoms with Crippen molar-refractivity contribution in [1.29, 1.82) is 0 Å². The molecule has 0 heterocycles. The van der Waals surface area contributed by atoms with Crippen LogP contribution in [0.3, 0.4) is 0 Å². The Hall–Kier alpha value is -1.04. The largest absolute Gasteiger partial charge is 0.481 e. The number of rotatable bonds is 4. The first kappa shape index (κ1) is 16.3. The number of aryl methyl sites for hydroxylation is 1. The van der Waals surface area contributed by atoms with E-state index in [2.05, 4.69) is 31.9 Å². The van der Waals surface area contributed by atoms with Gasteiger partial charge in [-0.1, -0.05) is 27.5 Å². The van der Waals surface area contributed by atoms with Gasteiger partial charge in [-0.15, -0.1) is 0 Å². The summed E-state index contributed by atoms with van der Waals surface area (Å²) in [5.41, 5.74) is 0.846. The lowest BCUT2D eigenvalue weighted by atomic mass is 10.2. The number of esters is 1. The van der Waals surface area contributed by atoms with E-state index in [0.717, 1.165) is 14.5 Å². The van der Waals surface area contributed by atoms with Gasteiger partial charge in [0.05, 0.1) is 4.47 Å². The number of ether oxygens (including phenoxy) is 2. The topological polar surface area (TPSA) is 35.5 Å². The fourth-order valence-electron chi connectivity index (χ4n) is 1.57. The highest BCUT2D eigenvalue weighted by Crippen LogP contribution is 2.28. The Labute approximate surface area is 144 Å². The quantitative estimate of drug-likeness (QED) is 0.493. The minimum absolute atomic E-state index is 0.179. The normalized spacial score (nSPS) is 10.3. The molecular formula is C15H11Br2ClO3. The van der Waals surface area contributed by atoms with E-state index < -0.39 is 5.97 Å². The molecule has 0 saturated carbocycles. The number of hydrogen-bond donors (Lipinski definition) is 0. The van der Waals surface area contributed by atoms with E-state index in [1.165, 1.54) is 0 Å². The summed E-state index contributed by atoms with van der Waals surface area (Å²) in [5, 5.41) is 0.629. The minimum atomic E-state index is -0.480. The maximum absolute atomic E-state index is 11.8. The average Bonchev–Trinajstić information content (AvgIpc) is 2.42. The van der Waals surface area contributed by atoms with Crippen LogP contribution < -0.4 is 9.47 Å². The van der Waals surface area contributed by atoms with Crippen molar-refractivity contribution in [3.8, 4) is 11.5 Å². The predicted molar refractivity (Wildman–Crippen MR) is 89.2 cm³/mol. The molecule has 0 radical (unpaired) electrons. The number of carbonyl (C=O) groups is 1. The van der Waals surface area contributed by atoms with Gasteiger partial charge in [0.25, 0.3) is 0 Å². The van der Waals surface area contributed by atoms with Gasteiger partial charge in [-0.3, -0.25) is 0 Å². The molecule has 21 heavy (non-hydrogen) atoms. The Morgan fingerprint density at radius 3 is 2.62 bits per heavy atom. The molecule has 0 aliphatic carbocycles. The van der Waals surface area contributed by atoms with Crippen molar-refractivity contribution in [2.45, 2.75) is 6.92 Å². The van der Waals surface area contributed by atoms with Gasteiger partial charge in [0.1, 0.15) is 11.5 Å². The third-order valence-electron chi connectivity index (χ3n) is 2.60. The molecule has 0 N–H and O–H groups in total. The van der Waals surface area contributed by atoms with Crippen LogP contribution in [0, 0.1) is 6.92 Å². The van der Waals surface area contributed by atoms with E-state index in [4.69, 9.17) is 21.1 Å². The highest BCUT2D eigenvalue weighted by Gasteiger charge is 2.09. The molecule has 0 saturated heterocycles. The van der Waals surface area contributed by atoms with Gasteiger partial charge >= 0.3 is 5.97 Å². The maximum Gasteiger partial charge on any atom is 0.349 e. The van der Waals surface area contributed by atoms with Crippen molar-refractivity contribution in [2.24, 2.45) is 0 Å². The van der Waals surface area contributed by atoms with Crippen molar-refractivity contribution in [3.05, 3.63) is 55.9 Å². The number of carbonyl (C=O) groups excluding carboxylic acids is 1. The zero-order chi connectivity index (χ0) is 15.4. The summed E-state index contributed by atoms with van der Waals surface area (Å²) < 4.78 is 12.3. The third-order valence-corrected chi connectivity index (χ3v) is 4.14. The fourth-order valence-corrected chi connectivity index (χ4v) is 2.85. The Morgan fingerprint density at radius 2 is 1.95 bits per heavy atom. The third kappa shape index (κ3) is 4.73. The molecule has 6 heteroatoms. The van der Waals surface area contributed by atoms with Crippen LogP contribution in [0.4, 0.5) is 0 Å². The van der Waals surface area contributed by atoms with E-state index in [0.29, 0.717) is 16.5 Å². The molecule has 3 nitrogen and oxygen atoms in total. The zero-order valence-corrected chi connectivity index (χ0v) is 15.0. The molecule has 0 amide bonds. The zero-order valence-electron chi connectivity index (χ0n) is 11.0. The molecule has 0 aliphatic rings. The van der Waals surface area contributed by atoms with E-state index in [9.17, 15) is 4.79 Å². The lowest BCUT2D eigenvalue weighted by molar-refractivity contribution is -0.136. The number of benzene rings is 2. The Kier molecular flexibility index (Phi) is 5.67. The summed E-state index contributed by atoms with van der Waals surface area (Å²) >= 11 is 12.6. The second kappa shape index (κ2) is 7.29. The SMILES string of the molecule is Cc1cc(OC(=O)COc2ccc(Br)cc2Br)ccc1Cl. The van der Waals surface area contributed by atoms with Gasteiger partial charge in [0.2, 0.25) is 0 Å². The number of halogens is 3. The minimum Gasteiger partial charge on any atom is -0.481 e. The Bertz CT molecular complexity index is 674. The lowest BCUT2D eigenvalue weighted by Crippen LogP contribution is -2.17. The maximum atomic E-state index is 11.8. The summed E-state index contributed by atoms with van der Waals surface area (Å²) in [6.45, 7) is 1.66. The molecule has 0 aromatic heterocycles. The molecule has 2 rings (SSSR count). The standard InChI is InChI=1S/C15H11Br2ClO3/c1-9-6-11(3-4-13(9)18)21-15(19)8-20-14-5-2-10(16)7-12(14)17/h2-7H,8H2,1H3. The summed E-state index contributed by atoms with van der Waals surface area (Å²) in [6, 6.07) is 10.5. The monoisotopic (exact) mass is 432 g/mol. The second-order valence-electron chi connectivity index (χ2n) is 4.25. The number of hydrogen-bond acceptors (Lipinski definition) is 3. The molecule has 0 unspecified atom stereocenters. The molecule has 2 aromatic rings.